The van der Waals surface area contributed by atoms with Crippen molar-refractivity contribution in [2.24, 2.45) is 0 Å². The first-order valence-electron chi connectivity index (χ1n) is 9.10. The normalized spacial score (nSPS) is 15.5. The van der Waals surface area contributed by atoms with Crippen LogP contribution in [0.25, 0.3) is 0 Å². The molecule has 0 bridgehead atoms. The number of carboxylic acids is 1. The van der Waals surface area contributed by atoms with Crippen molar-refractivity contribution in [1.82, 2.24) is 0 Å². The van der Waals surface area contributed by atoms with Crippen LogP contribution in [0.2, 0.25) is 0 Å². The highest BCUT2D eigenvalue weighted by Crippen LogP contribution is 2.00. The molecule has 0 heterocycles. The maximum atomic E-state index is 10.3. The fraction of sp³-hybridized carbons (Fsp3) is 0.409. The van der Waals surface area contributed by atoms with Gasteiger partial charge in [-0.3, -0.25) is 4.79 Å². The summed E-state index contributed by atoms with van der Waals surface area (Å²) in [4.78, 5) is 10.3. The molecule has 0 radical (unpaired) electrons. The Morgan fingerprint density at radius 2 is 1.35 bits per heavy atom. The zero-order chi connectivity index (χ0) is 19.5. The SMILES string of the molecule is CC/C=C\CC(O)\C=C/C=C/C=C/[C@H](O)C/C=C\C/C=C\CCC(=O)O. The summed E-state index contributed by atoms with van der Waals surface area (Å²) in [6.45, 7) is 2.06. The largest absolute Gasteiger partial charge is 0.481 e. The van der Waals surface area contributed by atoms with Crippen LogP contribution in [0.4, 0.5) is 0 Å². The van der Waals surface area contributed by atoms with Crippen molar-refractivity contribution in [3.8, 4) is 0 Å². The Balaban J connectivity index is 3.87. The Morgan fingerprint density at radius 1 is 0.808 bits per heavy atom. The molecule has 0 aromatic rings. The molecule has 1 unspecified atom stereocenters. The van der Waals surface area contributed by atoms with Crippen molar-refractivity contribution in [3.05, 3.63) is 72.9 Å². The first-order valence-corrected chi connectivity index (χ1v) is 9.10. The first-order chi connectivity index (χ1) is 12.6. The summed E-state index contributed by atoms with van der Waals surface area (Å²) in [7, 11) is 0. The van der Waals surface area contributed by atoms with Crippen LogP contribution in [0.1, 0.15) is 45.4 Å². The van der Waals surface area contributed by atoms with Crippen molar-refractivity contribution in [2.45, 2.75) is 57.7 Å². The quantitative estimate of drug-likeness (QED) is 0.315. The van der Waals surface area contributed by atoms with Crippen molar-refractivity contribution < 1.29 is 20.1 Å². The molecule has 0 fully saturated rings. The van der Waals surface area contributed by atoms with E-state index in [2.05, 4.69) is 6.92 Å². The summed E-state index contributed by atoms with van der Waals surface area (Å²) >= 11 is 0. The summed E-state index contributed by atoms with van der Waals surface area (Å²) in [6, 6.07) is 0. The van der Waals surface area contributed by atoms with Crippen LogP contribution in [-0.4, -0.2) is 33.5 Å². The lowest BCUT2D eigenvalue weighted by molar-refractivity contribution is -0.136. The van der Waals surface area contributed by atoms with Gasteiger partial charge in [0, 0.05) is 6.42 Å². The highest BCUT2D eigenvalue weighted by Gasteiger charge is 1.94. The van der Waals surface area contributed by atoms with Gasteiger partial charge in [-0.1, -0.05) is 79.8 Å². The van der Waals surface area contributed by atoms with E-state index >= 15 is 0 Å². The molecule has 0 amide bonds. The maximum absolute atomic E-state index is 10.3. The van der Waals surface area contributed by atoms with Crippen molar-refractivity contribution >= 4 is 5.97 Å². The highest BCUT2D eigenvalue weighted by molar-refractivity contribution is 5.66. The molecule has 0 saturated heterocycles. The van der Waals surface area contributed by atoms with Crippen molar-refractivity contribution in [1.29, 1.82) is 0 Å². The van der Waals surface area contributed by atoms with Crippen molar-refractivity contribution in [3.63, 3.8) is 0 Å². The minimum atomic E-state index is -0.787. The Bertz CT molecular complexity index is 524. The first kappa shape index (κ1) is 23.8. The summed E-state index contributed by atoms with van der Waals surface area (Å²) in [6.07, 6.45) is 24.8. The van der Waals surface area contributed by atoms with E-state index in [9.17, 15) is 15.0 Å². The summed E-state index contributed by atoms with van der Waals surface area (Å²) < 4.78 is 0. The van der Waals surface area contributed by atoms with Crippen molar-refractivity contribution in [2.75, 3.05) is 0 Å². The van der Waals surface area contributed by atoms with E-state index in [-0.39, 0.29) is 6.42 Å². The van der Waals surface area contributed by atoms with Crippen LogP contribution in [0.15, 0.2) is 72.9 Å². The minimum Gasteiger partial charge on any atom is -0.481 e. The van der Waals surface area contributed by atoms with Gasteiger partial charge in [0.2, 0.25) is 0 Å². The van der Waals surface area contributed by atoms with Crippen LogP contribution in [-0.2, 0) is 4.79 Å². The average molecular weight is 360 g/mol. The molecule has 4 heteroatoms. The lowest BCUT2D eigenvalue weighted by Crippen LogP contribution is -1.98. The third-order valence-corrected chi connectivity index (χ3v) is 3.29. The molecule has 2 atom stereocenters. The molecule has 0 rings (SSSR count). The zero-order valence-corrected chi connectivity index (χ0v) is 15.6. The molecule has 0 aromatic carbocycles. The van der Waals surface area contributed by atoms with Gasteiger partial charge in [-0.05, 0) is 32.1 Å². The fourth-order valence-electron chi connectivity index (χ4n) is 1.90. The Hall–Kier alpha value is -2.17. The van der Waals surface area contributed by atoms with E-state index in [1.807, 2.05) is 48.6 Å². The predicted octanol–water partition coefficient (Wildman–Crippen LogP) is 4.49. The number of carbonyl (C=O) groups is 1. The number of aliphatic carboxylic acids is 1. The Labute approximate surface area is 157 Å². The van der Waals surface area contributed by atoms with E-state index < -0.39 is 18.2 Å². The predicted molar refractivity (Wildman–Crippen MR) is 108 cm³/mol. The number of aliphatic hydroxyl groups excluding tert-OH is 2. The molecular weight excluding hydrogens is 328 g/mol. The number of aliphatic hydroxyl groups is 2. The number of hydrogen-bond donors (Lipinski definition) is 3. The lowest BCUT2D eigenvalue weighted by atomic mass is 10.2. The van der Waals surface area contributed by atoms with E-state index in [1.54, 1.807) is 24.3 Å². The Kier molecular flexibility index (Phi) is 16.2. The van der Waals surface area contributed by atoms with Gasteiger partial charge < -0.3 is 15.3 Å². The smallest absolute Gasteiger partial charge is 0.303 e. The molecule has 0 spiro atoms. The molecule has 0 saturated carbocycles. The Morgan fingerprint density at radius 3 is 1.88 bits per heavy atom. The lowest BCUT2D eigenvalue weighted by Gasteiger charge is -1.99. The van der Waals surface area contributed by atoms with Crippen LogP contribution >= 0.6 is 0 Å². The highest BCUT2D eigenvalue weighted by atomic mass is 16.4. The molecule has 0 aliphatic carbocycles. The van der Waals surface area contributed by atoms with Gasteiger partial charge >= 0.3 is 5.97 Å². The van der Waals surface area contributed by atoms with E-state index in [0.717, 1.165) is 12.8 Å². The van der Waals surface area contributed by atoms with E-state index in [0.29, 0.717) is 19.3 Å². The number of allylic oxidation sites excluding steroid dienone is 8. The van der Waals surface area contributed by atoms with Gasteiger partial charge in [0.15, 0.2) is 0 Å². The second-order valence-corrected chi connectivity index (χ2v) is 5.75. The molecule has 0 aliphatic heterocycles. The third kappa shape index (κ3) is 18.2. The van der Waals surface area contributed by atoms with Gasteiger partial charge in [-0.15, -0.1) is 0 Å². The van der Waals surface area contributed by atoms with Crippen LogP contribution in [0.5, 0.6) is 0 Å². The molecule has 144 valence electrons. The van der Waals surface area contributed by atoms with Gasteiger partial charge in [0.05, 0.1) is 12.2 Å². The van der Waals surface area contributed by atoms with Gasteiger partial charge in [-0.2, -0.15) is 0 Å². The van der Waals surface area contributed by atoms with E-state index in [1.165, 1.54) is 0 Å². The number of carboxylic acid groups (broad SMARTS) is 1. The van der Waals surface area contributed by atoms with Crippen LogP contribution in [0.3, 0.4) is 0 Å². The fourth-order valence-corrected chi connectivity index (χ4v) is 1.90. The zero-order valence-electron chi connectivity index (χ0n) is 15.6. The van der Waals surface area contributed by atoms with Crippen LogP contribution in [0, 0.1) is 0 Å². The second-order valence-electron chi connectivity index (χ2n) is 5.75. The molecule has 0 aliphatic rings. The molecule has 26 heavy (non-hydrogen) atoms. The number of hydrogen-bond acceptors (Lipinski definition) is 3. The molecule has 0 aromatic heterocycles. The van der Waals surface area contributed by atoms with Gasteiger partial charge in [-0.25, -0.2) is 0 Å². The monoisotopic (exact) mass is 360 g/mol. The average Bonchev–Trinajstić information content (AvgIpc) is 2.60. The summed E-state index contributed by atoms with van der Waals surface area (Å²) in [5.74, 6) is -0.787. The van der Waals surface area contributed by atoms with Crippen LogP contribution < -0.4 is 0 Å². The molecule has 4 nitrogen and oxygen atoms in total. The third-order valence-electron chi connectivity index (χ3n) is 3.29. The maximum Gasteiger partial charge on any atom is 0.303 e. The standard InChI is InChI=1S/C22H32O4/c1-2-3-10-15-20(23)17-12-8-9-13-18-21(24)16-11-6-4-5-7-14-19-22(25)26/h3,5-13,17-18,20-21,23-24H,2,4,14-16,19H2,1H3,(H,25,26)/b7-5-,9-8+,10-3-,11-6-,17-12-,18-13+/t20?,21-/m1/s1. The summed E-state index contributed by atoms with van der Waals surface area (Å²) in [5.41, 5.74) is 0. The van der Waals surface area contributed by atoms with Gasteiger partial charge in [0.25, 0.3) is 0 Å². The molecule has 3 N–H and O–H groups in total. The summed E-state index contributed by atoms with van der Waals surface area (Å²) in [5, 5.41) is 28.0. The number of rotatable bonds is 14. The van der Waals surface area contributed by atoms with E-state index in [4.69, 9.17) is 5.11 Å². The second kappa shape index (κ2) is 17.6. The van der Waals surface area contributed by atoms with Gasteiger partial charge in [0.1, 0.15) is 0 Å². The topological polar surface area (TPSA) is 77.8 Å². The minimum absolute atomic E-state index is 0.154. The molecular formula is C22H32O4.